The fraction of sp³-hybridized carbons (Fsp3) is 0.526. The molecule has 2 aromatic rings. The number of benzene rings is 1. The van der Waals surface area contributed by atoms with E-state index in [0.717, 1.165) is 19.3 Å². The number of nitrogens with zero attached hydrogens (tertiary/aromatic N) is 4. The van der Waals surface area contributed by atoms with Crippen molar-refractivity contribution in [1.82, 2.24) is 19.7 Å². The van der Waals surface area contributed by atoms with Crippen molar-refractivity contribution in [3.05, 3.63) is 41.7 Å². The van der Waals surface area contributed by atoms with Gasteiger partial charge in [0.2, 0.25) is 5.82 Å². The molecule has 1 saturated heterocycles. The van der Waals surface area contributed by atoms with Gasteiger partial charge in [-0.05, 0) is 44.2 Å². The Morgan fingerprint density at radius 3 is 2.88 bits per heavy atom. The summed E-state index contributed by atoms with van der Waals surface area (Å²) in [6, 6.07) is 6.44. The smallest absolute Gasteiger partial charge is 0.293 e. The van der Waals surface area contributed by atoms with Crippen molar-refractivity contribution in [1.29, 1.82) is 0 Å². The van der Waals surface area contributed by atoms with Gasteiger partial charge in [0.15, 0.2) is 0 Å². The predicted octanol–water partition coefficient (Wildman–Crippen LogP) is 2.56. The highest BCUT2D eigenvalue weighted by atomic mass is 19.1. The highest BCUT2D eigenvalue weighted by Gasteiger charge is 2.29. The zero-order valence-corrected chi connectivity index (χ0v) is 15.4. The molecule has 2 atom stereocenters. The van der Waals surface area contributed by atoms with E-state index in [-0.39, 0.29) is 29.5 Å². The van der Waals surface area contributed by atoms with Crippen LogP contribution in [0, 0.1) is 11.7 Å². The van der Waals surface area contributed by atoms with Crippen molar-refractivity contribution in [2.75, 3.05) is 13.1 Å². The second-order valence-corrected chi connectivity index (χ2v) is 6.98. The van der Waals surface area contributed by atoms with E-state index in [0.29, 0.717) is 31.0 Å². The Morgan fingerprint density at radius 1 is 1.42 bits per heavy atom. The Morgan fingerprint density at radius 2 is 2.19 bits per heavy atom. The van der Waals surface area contributed by atoms with Gasteiger partial charge in [-0.3, -0.25) is 4.79 Å². The lowest BCUT2D eigenvalue weighted by Gasteiger charge is -2.33. The molecule has 0 saturated carbocycles. The molecule has 140 valence electrons. The highest BCUT2D eigenvalue weighted by molar-refractivity contribution is 5.90. The fourth-order valence-electron chi connectivity index (χ4n) is 3.40. The van der Waals surface area contributed by atoms with Crippen LogP contribution in [0.5, 0.6) is 0 Å². The summed E-state index contributed by atoms with van der Waals surface area (Å²) in [5.74, 6) is 0.423. The van der Waals surface area contributed by atoms with Crippen molar-refractivity contribution in [2.24, 2.45) is 11.7 Å². The molecule has 1 aliphatic rings. The monoisotopic (exact) mass is 359 g/mol. The zero-order valence-electron chi connectivity index (χ0n) is 15.4. The number of aryl methyl sites for hydroxylation is 1. The first kappa shape index (κ1) is 18.5. The lowest BCUT2D eigenvalue weighted by molar-refractivity contribution is 0.0648. The summed E-state index contributed by atoms with van der Waals surface area (Å²) in [7, 11) is 0. The van der Waals surface area contributed by atoms with Crippen LogP contribution in [0.25, 0.3) is 5.69 Å². The third kappa shape index (κ3) is 3.77. The van der Waals surface area contributed by atoms with Gasteiger partial charge in [-0.25, -0.2) is 14.1 Å². The molecule has 6 nitrogen and oxygen atoms in total. The van der Waals surface area contributed by atoms with E-state index in [4.69, 9.17) is 5.73 Å². The number of amides is 1. The van der Waals surface area contributed by atoms with E-state index in [2.05, 4.69) is 10.1 Å². The first-order chi connectivity index (χ1) is 12.5. The number of aromatic nitrogens is 3. The number of rotatable bonds is 5. The van der Waals surface area contributed by atoms with E-state index in [9.17, 15) is 9.18 Å². The van der Waals surface area contributed by atoms with Crippen LogP contribution >= 0.6 is 0 Å². The third-order valence-electron chi connectivity index (χ3n) is 4.91. The molecule has 1 aromatic carbocycles. The van der Waals surface area contributed by atoms with Crippen LogP contribution in [0.2, 0.25) is 0 Å². The average molecular weight is 359 g/mol. The van der Waals surface area contributed by atoms with Gasteiger partial charge < -0.3 is 10.6 Å². The quantitative estimate of drug-likeness (QED) is 0.890. The van der Waals surface area contributed by atoms with Gasteiger partial charge in [-0.2, -0.15) is 0 Å². The third-order valence-corrected chi connectivity index (χ3v) is 4.91. The van der Waals surface area contributed by atoms with Crippen LogP contribution in [0.3, 0.4) is 0 Å². The molecular weight excluding hydrogens is 333 g/mol. The van der Waals surface area contributed by atoms with Crippen LogP contribution < -0.4 is 5.73 Å². The van der Waals surface area contributed by atoms with Crippen molar-refractivity contribution in [3.63, 3.8) is 0 Å². The minimum atomic E-state index is -0.385. The molecule has 0 spiro atoms. The number of para-hydroxylation sites is 1. The predicted molar refractivity (Wildman–Crippen MR) is 97.6 cm³/mol. The Kier molecular flexibility index (Phi) is 5.66. The lowest BCUT2D eigenvalue weighted by Crippen LogP contribution is -2.45. The van der Waals surface area contributed by atoms with Gasteiger partial charge in [-0.15, -0.1) is 5.10 Å². The Hall–Kier alpha value is -2.28. The van der Waals surface area contributed by atoms with Crippen LogP contribution in [0.4, 0.5) is 4.39 Å². The number of carbonyl (C=O) groups excluding carboxylic acids is 1. The second kappa shape index (κ2) is 7.95. The molecule has 2 N–H and O–H groups in total. The molecule has 2 unspecified atom stereocenters. The summed E-state index contributed by atoms with van der Waals surface area (Å²) in [6.07, 6.45) is 3.40. The molecular formula is C19H26FN5O. The molecule has 0 radical (unpaired) electrons. The number of nitrogens with two attached hydrogens (primary N) is 1. The van der Waals surface area contributed by atoms with E-state index in [1.807, 2.05) is 13.8 Å². The summed E-state index contributed by atoms with van der Waals surface area (Å²) in [5.41, 5.74) is 6.33. The Bertz CT molecular complexity index is 773. The van der Waals surface area contributed by atoms with Gasteiger partial charge in [0.1, 0.15) is 17.3 Å². The second-order valence-electron chi connectivity index (χ2n) is 6.98. The van der Waals surface area contributed by atoms with Crippen LogP contribution in [0.15, 0.2) is 24.3 Å². The van der Waals surface area contributed by atoms with E-state index in [1.165, 1.54) is 10.7 Å². The SMILES string of the molecule is CCCc1nc(C(=O)N2CCCC(C(C)N)C2)nn1-c1ccccc1F. The maximum atomic E-state index is 14.2. The van der Waals surface area contributed by atoms with E-state index in [1.54, 1.807) is 23.1 Å². The van der Waals surface area contributed by atoms with Gasteiger partial charge >= 0.3 is 0 Å². The van der Waals surface area contributed by atoms with Gasteiger partial charge in [0, 0.05) is 25.6 Å². The molecule has 0 bridgehead atoms. The normalized spacial score (nSPS) is 18.8. The molecule has 1 fully saturated rings. The summed E-state index contributed by atoms with van der Waals surface area (Å²) < 4.78 is 15.7. The number of likely N-dealkylation sites (tertiary alicyclic amines) is 1. The summed E-state index contributed by atoms with van der Waals surface area (Å²) in [6.45, 7) is 5.29. The number of halogens is 1. The molecule has 1 aliphatic heterocycles. The van der Waals surface area contributed by atoms with Crippen LogP contribution in [-0.2, 0) is 6.42 Å². The minimum Gasteiger partial charge on any atom is -0.336 e. The first-order valence-electron chi connectivity index (χ1n) is 9.27. The van der Waals surface area contributed by atoms with E-state index < -0.39 is 0 Å². The summed E-state index contributed by atoms with van der Waals surface area (Å²) in [4.78, 5) is 19.1. The topological polar surface area (TPSA) is 77.0 Å². The molecule has 7 heteroatoms. The summed E-state index contributed by atoms with van der Waals surface area (Å²) in [5, 5.41) is 4.35. The van der Waals surface area contributed by atoms with Gasteiger partial charge in [0.05, 0.1) is 0 Å². The number of carbonyl (C=O) groups is 1. The van der Waals surface area contributed by atoms with Crippen molar-refractivity contribution >= 4 is 5.91 Å². The molecule has 3 rings (SSSR count). The molecule has 1 aromatic heterocycles. The van der Waals surface area contributed by atoms with Crippen LogP contribution in [-0.4, -0.2) is 44.7 Å². The van der Waals surface area contributed by atoms with Crippen molar-refractivity contribution < 1.29 is 9.18 Å². The summed E-state index contributed by atoms with van der Waals surface area (Å²) >= 11 is 0. The largest absolute Gasteiger partial charge is 0.336 e. The highest BCUT2D eigenvalue weighted by Crippen LogP contribution is 2.21. The maximum absolute atomic E-state index is 14.2. The molecule has 0 aliphatic carbocycles. The van der Waals surface area contributed by atoms with E-state index >= 15 is 0 Å². The lowest BCUT2D eigenvalue weighted by atomic mass is 9.92. The number of hydrogen-bond acceptors (Lipinski definition) is 4. The first-order valence-corrected chi connectivity index (χ1v) is 9.27. The Labute approximate surface area is 153 Å². The van der Waals surface area contributed by atoms with Crippen LogP contribution in [0.1, 0.15) is 49.6 Å². The number of hydrogen-bond donors (Lipinski definition) is 1. The van der Waals surface area contributed by atoms with Crippen molar-refractivity contribution in [3.8, 4) is 5.69 Å². The van der Waals surface area contributed by atoms with Gasteiger partial charge in [0.25, 0.3) is 5.91 Å². The average Bonchev–Trinajstić information content (AvgIpc) is 3.05. The maximum Gasteiger partial charge on any atom is 0.293 e. The van der Waals surface area contributed by atoms with Gasteiger partial charge in [-0.1, -0.05) is 19.1 Å². The molecule has 26 heavy (non-hydrogen) atoms. The van der Waals surface area contributed by atoms with Crippen molar-refractivity contribution in [2.45, 2.75) is 45.6 Å². The standard InChI is InChI=1S/C19H26FN5O/c1-3-7-17-22-18(23-25(17)16-10-5-4-9-15(16)20)19(26)24-11-6-8-14(12-24)13(2)21/h4-5,9-10,13-14H,3,6-8,11-12,21H2,1-2H3. The minimum absolute atomic E-state index is 0.0465. The fourth-order valence-corrected chi connectivity index (χ4v) is 3.40. The zero-order chi connectivity index (χ0) is 18.7. The number of piperidine rings is 1. The Balaban J connectivity index is 1.90. The molecule has 2 heterocycles. The molecule has 1 amide bonds.